The number of carbonyl (C=O) groups excluding carboxylic acids is 2. The van der Waals surface area contributed by atoms with Crippen molar-refractivity contribution < 1.29 is 14.3 Å². The Morgan fingerprint density at radius 2 is 1.77 bits per heavy atom. The second-order valence-electron chi connectivity index (χ2n) is 7.80. The zero-order valence-corrected chi connectivity index (χ0v) is 17.1. The van der Waals surface area contributed by atoms with Crippen LogP contribution in [-0.4, -0.2) is 55.0 Å². The van der Waals surface area contributed by atoms with Gasteiger partial charge in [-0.3, -0.25) is 4.79 Å². The van der Waals surface area contributed by atoms with E-state index >= 15 is 0 Å². The smallest absolute Gasteiger partial charge is 0.346 e. The van der Waals surface area contributed by atoms with E-state index in [9.17, 15) is 9.59 Å². The van der Waals surface area contributed by atoms with Gasteiger partial charge in [0.25, 0.3) is 5.91 Å². The molecular weight excluding hydrogens is 380 g/mol. The molecule has 2 aliphatic rings. The second kappa shape index (κ2) is 8.67. The standard InChI is InChI=1S/C23H26N4O3/c1-23(12-11-18-5-3-2-4-6-18)21(28)27(22(29)25-23)24-17-19-7-9-20(10-8-19)26-13-15-30-16-14-26/h2-10,17H,11-16H2,1H3,(H,25,29)/b24-17-/t23-/m1/s1. The Morgan fingerprint density at radius 3 is 2.47 bits per heavy atom. The number of anilines is 1. The minimum atomic E-state index is -0.954. The van der Waals surface area contributed by atoms with Crippen LogP contribution in [0.1, 0.15) is 24.5 Å². The fraction of sp³-hybridized carbons (Fsp3) is 0.348. The quantitative estimate of drug-likeness (QED) is 0.591. The molecule has 30 heavy (non-hydrogen) atoms. The predicted octanol–water partition coefficient (Wildman–Crippen LogP) is 2.80. The van der Waals surface area contributed by atoms with Crippen LogP contribution in [-0.2, 0) is 16.0 Å². The average Bonchev–Trinajstić information content (AvgIpc) is 3.01. The molecule has 0 spiro atoms. The van der Waals surface area contributed by atoms with E-state index in [1.165, 1.54) is 0 Å². The first-order valence-electron chi connectivity index (χ1n) is 10.2. The normalized spacial score (nSPS) is 22.0. The van der Waals surface area contributed by atoms with Crippen molar-refractivity contribution >= 4 is 23.8 Å². The molecule has 2 heterocycles. The number of hydrazone groups is 1. The molecule has 2 aliphatic heterocycles. The van der Waals surface area contributed by atoms with E-state index in [2.05, 4.69) is 15.3 Å². The third kappa shape index (κ3) is 4.36. The third-order valence-corrected chi connectivity index (χ3v) is 5.59. The number of urea groups is 1. The first-order chi connectivity index (χ1) is 14.5. The Hall–Kier alpha value is -3.19. The molecule has 7 heteroatoms. The van der Waals surface area contributed by atoms with Crippen molar-refractivity contribution in [3.05, 3.63) is 65.7 Å². The van der Waals surface area contributed by atoms with Crippen LogP contribution in [0.4, 0.5) is 10.5 Å². The Balaban J connectivity index is 1.39. The van der Waals surface area contributed by atoms with Crippen LogP contribution in [0, 0.1) is 0 Å². The van der Waals surface area contributed by atoms with Crippen molar-refractivity contribution in [3.8, 4) is 0 Å². The molecule has 1 atom stereocenters. The van der Waals surface area contributed by atoms with Gasteiger partial charge in [0.2, 0.25) is 0 Å². The summed E-state index contributed by atoms with van der Waals surface area (Å²) in [5.74, 6) is -0.329. The van der Waals surface area contributed by atoms with E-state index in [0.29, 0.717) is 12.8 Å². The lowest BCUT2D eigenvalue weighted by Gasteiger charge is -2.28. The van der Waals surface area contributed by atoms with E-state index in [-0.39, 0.29) is 5.91 Å². The van der Waals surface area contributed by atoms with E-state index in [1.54, 1.807) is 13.1 Å². The highest BCUT2D eigenvalue weighted by Crippen LogP contribution is 2.24. The first kappa shape index (κ1) is 20.1. The number of nitrogens with zero attached hydrogens (tertiary/aromatic N) is 3. The summed E-state index contributed by atoms with van der Waals surface area (Å²) in [5, 5.41) is 7.89. The lowest BCUT2D eigenvalue weighted by atomic mass is 9.93. The van der Waals surface area contributed by atoms with Crippen molar-refractivity contribution in [3.63, 3.8) is 0 Å². The molecule has 4 rings (SSSR count). The number of ether oxygens (including phenoxy) is 1. The molecule has 0 bridgehead atoms. The third-order valence-electron chi connectivity index (χ3n) is 5.59. The largest absolute Gasteiger partial charge is 0.378 e. The number of morpholine rings is 1. The van der Waals surface area contributed by atoms with Crippen LogP contribution in [0.3, 0.4) is 0 Å². The zero-order chi connectivity index (χ0) is 21.0. The van der Waals surface area contributed by atoms with Crippen molar-refractivity contribution in [1.82, 2.24) is 10.3 Å². The number of imide groups is 1. The average molecular weight is 406 g/mol. The summed E-state index contributed by atoms with van der Waals surface area (Å²) >= 11 is 0. The molecule has 1 N–H and O–H groups in total. The number of carbonyl (C=O) groups is 2. The van der Waals surface area contributed by atoms with Gasteiger partial charge in [-0.15, -0.1) is 5.01 Å². The van der Waals surface area contributed by atoms with Crippen LogP contribution in [0.15, 0.2) is 59.7 Å². The summed E-state index contributed by atoms with van der Waals surface area (Å²) in [5.41, 5.74) is 2.12. The minimum Gasteiger partial charge on any atom is -0.378 e. The molecule has 2 fully saturated rings. The zero-order valence-electron chi connectivity index (χ0n) is 17.1. The molecule has 2 aromatic carbocycles. The monoisotopic (exact) mass is 406 g/mol. The van der Waals surface area contributed by atoms with Crippen molar-refractivity contribution in [1.29, 1.82) is 0 Å². The van der Waals surface area contributed by atoms with Crippen LogP contribution in [0.25, 0.3) is 0 Å². The summed E-state index contributed by atoms with van der Waals surface area (Å²) < 4.78 is 5.38. The molecule has 0 unspecified atom stereocenters. The Kier molecular flexibility index (Phi) is 5.81. The van der Waals surface area contributed by atoms with Crippen molar-refractivity contribution in [2.75, 3.05) is 31.2 Å². The summed E-state index contributed by atoms with van der Waals surface area (Å²) in [4.78, 5) is 27.5. The topological polar surface area (TPSA) is 74.2 Å². The SMILES string of the molecule is C[C@]1(CCc2ccccc2)NC(=O)N(/N=C\c2ccc(N3CCOCC3)cc2)C1=O. The summed E-state index contributed by atoms with van der Waals surface area (Å²) in [6.07, 6.45) is 2.76. The van der Waals surface area contributed by atoms with Gasteiger partial charge in [0.1, 0.15) is 5.54 Å². The molecule has 0 saturated carbocycles. The fourth-order valence-electron chi connectivity index (χ4n) is 3.70. The number of hydrogen-bond acceptors (Lipinski definition) is 5. The molecule has 0 aromatic heterocycles. The summed E-state index contributed by atoms with van der Waals surface area (Å²) in [6, 6.07) is 17.3. The highest BCUT2D eigenvalue weighted by Gasteiger charge is 2.47. The number of aryl methyl sites for hydroxylation is 1. The Bertz CT molecular complexity index is 923. The number of amides is 3. The lowest BCUT2D eigenvalue weighted by Crippen LogP contribution is -2.44. The van der Waals surface area contributed by atoms with Crippen LogP contribution in [0.2, 0.25) is 0 Å². The maximum absolute atomic E-state index is 12.9. The summed E-state index contributed by atoms with van der Waals surface area (Å²) in [7, 11) is 0. The van der Waals surface area contributed by atoms with E-state index in [0.717, 1.165) is 48.1 Å². The fourth-order valence-corrected chi connectivity index (χ4v) is 3.70. The van der Waals surface area contributed by atoms with Crippen molar-refractivity contribution in [2.24, 2.45) is 5.10 Å². The Morgan fingerprint density at radius 1 is 1.07 bits per heavy atom. The highest BCUT2D eigenvalue weighted by atomic mass is 16.5. The maximum Gasteiger partial charge on any atom is 0.346 e. The van der Waals surface area contributed by atoms with E-state index < -0.39 is 11.6 Å². The lowest BCUT2D eigenvalue weighted by molar-refractivity contribution is -0.130. The van der Waals surface area contributed by atoms with E-state index in [4.69, 9.17) is 4.74 Å². The molecule has 0 aliphatic carbocycles. The summed E-state index contributed by atoms with van der Waals surface area (Å²) in [6.45, 7) is 4.97. The number of hydrogen-bond donors (Lipinski definition) is 1. The number of rotatable bonds is 6. The van der Waals surface area contributed by atoms with Gasteiger partial charge in [0.15, 0.2) is 0 Å². The molecule has 156 valence electrons. The molecule has 2 saturated heterocycles. The van der Waals surface area contributed by atoms with Gasteiger partial charge in [-0.25, -0.2) is 4.79 Å². The maximum atomic E-state index is 12.9. The number of benzene rings is 2. The molecule has 3 amide bonds. The van der Waals surface area contributed by atoms with Gasteiger partial charge in [-0.1, -0.05) is 42.5 Å². The van der Waals surface area contributed by atoms with Crippen LogP contribution >= 0.6 is 0 Å². The highest BCUT2D eigenvalue weighted by molar-refractivity contribution is 6.07. The van der Waals surface area contributed by atoms with Crippen LogP contribution < -0.4 is 10.2 Å². The van der Waals surface area contributed by atoms with Crippen molar-refractivity contribution in [2.45, 2.75) is 25.3 Å². The van der Waals surface area contributed by atoms with Gasteiger partial charge in [-0.2, -0.15) is 5.10 Å². The van der Waals surface area contributed by atoms with E-state index in [1.807, 2.05) is 54.6 Å². The first-order valence-corrected chi connectivity index (χ1v) is 10.2. The molecule has 2 aromatic rings. The molecular formula is C23H26N4O3. The van der Waals surface area contributed by atoms with Gasteiger partial charge < -0.3 is 15.0 Å². The number of nitrogens with one attached hydrogen (secondary N) is 1. The Labute approximate surface area is 176 Å². The predicted molar refractivity (Wildman–Crippen MR) is 116 cm³/mol. The molecule has 7 nitrogen and oxygen atoms in total. The second-order valence-corrected chi connectivity index (χ2v) is 7.80. The minimum absolute atomic E-state index is 0.329. The van der Waals surface area contributed by atoms with Gasteiger partial charge in [0, 0.05) is 18.8 Å². The van der Waals surface area contributed by atoms with Gasteiger partial charge in [0.05, 0.1) is 19.4 Å². The van der Waals surface area contributed by atoms with Gasteiger partial charge in [-0.05, 0) is 43.0 Å². The molecule has 0 radical (unpaired) electrons. The van der Waals surface area contributed by atoms with Gasteiger partial charge >= 0.3 is 6.03 Å². The van der Waals surface area contributed by atoms with Crippen LogP contribution in [0.5, 0.6) is 0 Å².